The number of rotatable bonds is 4. The van der Waals surface area contributed by atoms with Crippen LogP contribution in [-0.4, -0.2) is 18.0 Å². The fraction of sp³-hybridized carbons (Fsp3) is 0.250. The number of piperidine rings is 1. The Morgan fingerprint density at radius 2 is 1.85 bits per heavy atom. The molecule has 0 aromatic heterocycles. The smallest absolute Gasteiger partial charge is 0.269 e. The van der Waals surface area contributed by atoms with Gasteiger partial charge in [-0.2, -0.15) is 5.26 Å². The van der Waals surface area contributed by atoms with Gasteiger partial charge in [0.25, 0.3) is 5.69 Å². The number of anilines is 1. The van der Waals surface area contributed by atoms with Gasteiger partial charge in [0.15, 0.2) is 0 Å². The number of nitrogens with zero attached hydrogens (tertiary/aromatic N) is 3. The maximum atomic E-state index is 14.5. The summed E-state index contributed by atoms with van der Waals surface area (Å²) in [5.74, 6) is -0.386. The van der Waals surface area contributed by atoms with E-state index in [4.69, 9.17) is 0 Å². The molecular formula is C20H18FN3O2. The Balaban J connectivity index is 1.87. The van der Waals surface area contributed by atoms with Crippen LogP contribution in [0.1, 0.15) is 30.4 Å². The van der Waals surface area contributed by atoms with Crippen molar-refractivity contribution in [3.63, 3.8) is 0 Å². The van der Waals surface area contributed by atoms with E-state index < -0.39 is 4.92 Å². The molecular weight excluding hydrogens is 333 g/mol. The number of hydrogen-bond donors (Lipinski definition) is 0. The third-order valence-electron chi connectivity index (χ3n) is 4.51. The Morgan fingerprint density at radius 3 is 2.42 bits per heavy atom. The highest BCUT2D eigenvalue weighted by molar-refractivity contribution is 5.90. The number of nitro groups is 1. The van der Waals surface area contributed by atoms with Gasteiger partial charge in [0.1, 0.15) is 5.82 Å². The van der Waals surface area contributed by atoms with Gasteiger partial charge in [-0.25, -0.2) is 4.39 Å². The summed E-state index contributed by atoms with van der Waals surface area (Å²) in [7, 11) is 0. The maximum Gasteiger partial charge on any atom is 0.269 e. The Morgan fingerprint density at radius 1 is 1.15 bits per heavy atom. The molecule has 1 fully saturated rings. The number of non-ortho nitro benzene ring substituents is 1. The van der Waals surface area contributed by atoms with Crippen LogP contribution in [0.25, 0.3) is 11.6 Å². The molecule has 0 aliphatic carbocycles. The molecule has 0 bridgehead atoms. The summed E-state index contributed by atoms with van der Waals surface area (Å²) in [5.41, 5.74) is 1.89. The zero-order valence-corrected chi connectivity index (χ0v) is 14.2. The highest BCUT2D eigenvalue weighted by Crippen LogP contribution is 2.26. The van der Waals surface area contributed by atoms with Gasteiger partial charge >= 0.3 is 0 Å². The van der Waals surface area contributed by atoms with Gasteiger partial charge in [-0.1, -0.05) is 0 Å². The molecule has 5 nitrogen and oxygen atoms in total. The van der Waals surface area contributed by atoms with Gasteiger partial charge in [0.05, 0.1) is 16.6 Å². The number of allylic oxidation sites excluding steroid dienone is 1. The molecule has 26 heavy (non-hydrogen) atoms. The zero-order chi connectivity index (χ0) is 18.5. The number of benzene rings is 2. The van der Waals surface area contributed by atoms with Crippen molar-refractivity contribution in [1.82, 2.24) is 0 Å². The monoisotopic (exact) mass is 351 g/mol. The van der Waals surface area contributed by atoms with E-state index in [0.29, 0.717) is 11.1 Å². The topological polar surface area (TPSA) is 70.2 Å². The predicted molar refractivity (Wildman–Crippen MR) is 99.0 cm³/mol. The molecule has 0 unspecified atom stereocenters. The van der Waals surface area contributed by atoms with Crippen LogP contribution in [0.3, 0.4) is 0 Å². The molecule has 0 radical (unpaired) electrons. The van der Waals surface area contributed by atoms with Gasteiger partial charge in [0.2, 0.25) is 0 Å². The normalized spacial score (nSPS) is 14.8. The standard InChI is InChI=1S/C20H18FN3O2/c21-20-13-19(23-10-2-1-3-11-23)9-6-16(20)12-17(14-22)15-4-7-18(8-5-15)24(25)26/h4-9,12-13H,1-3,10-11H2/b17-12-. The molecule has 2 aromatic carbocycles. The predicted octanol–water partition coefficient (Wildman–Crippen LogP) is 4.79. The Bertz CT molecular complexity index is 879. The first kappa shape index (κ1) is 17.6. The molecule has 6 heteroatoms. The van der Waals surface area contributed by atoms with Crippen LogP contribution < -0.4 is 4.90 Å². The third-order valence-corrected chi connectivity index (χ3v) is 4.51. The van der Waals surface area contributed by atoms with E-state index in [2.05, 4.69) is 4.90 Å². The van der Waals surface area contributed by atoms with Crippen molar-refractivity contribution in [2.24, 2.45) is 0 Å². The summed E-state index contributed by atoms with van der Waals surface area (Å²) < 4.78 is 14.5. The molecule has 1 heterocycles. The molecule has 0 saturated carbocycles. The summed E-state index contributed by atoms with van der Waals surface area (Å²) in [6, 6.07) is 12.7. The Hall–Kier alpha value is -3.20. The van der Waals surface area contributed by atoms with E-state index >= 15 is 0 Å². The lowest BCUT2D eigenvalue weighted by atomic mass is 10.0. The highest BCUT2D eigenvalue weighted by Gasteiger charge is 2.13. The molecule has 1 aliphatic rings. The lowest BCUT2D eigenvalue weighted by molar-refractivity contribution is -0.384. The van der Waals surface area contributed by atoms with Crippen LogP contribution in [0.4, 0.5) is 15.8 Å². The minimum atomic E-state index is -0.501. The second kappa shape index (κ2) is 7.79. The first-order valence-corrected chi connectivity index (χ1v) is 8.49. The van der Waals surface area contributed by atoms with Crippen molar-refractivity contribution in [3.8, 4) is 6.07 Å². The quantitative estimate of drug-likeness (QED) is 0.344. The van der Waals surface area contributed by atoms with Gasteiger partial charge in [-0.15, -0.1) is 0 Å². The summed E-state index contributed by atoms with van der Waals surface area (Å²) in [6.07, 6.45) is 4.90. The van der Waals surface area contributed by atoms with E-state index in [1.807, 2.05) is 12.1 Å². The first-order chi connectivity index (χ1) is 12.6. The van der Waals surface area contributed by atoms with Crippen molar-refractivity contribution in [2.75, 3.05) is 18.0 Å². The average Bonchev–Trinajstić information content (AvgIpc) is 2.68. The summed E-state index contributed by atoms with van der Waals surface area (Å²) in [4.78, 5) is 12.4. The van der Waals surface area contributed by atoms with Gasteiger partial charge in [-0.05, 0) is 61.2 Å². The van der Waals surface area contributed by atoms with Crippen LogP contribution in [0.15, 0.2) is 42.5 Å². The van der Waals surface area contributed by atoms with Gasteiger partial charge in [-0.3, -0.25) is 10.1 Å². The molecule has 0 spiro atoms. The maximum absolute atomic E-state index is 14.5. The Labute approximate surface area is 151 Å². The van der Waals surface area contributed by atoms with E-state index in [0.717, 1.165) is 31.6 Å². The second-order valence-electron chi connectivity index (χ2n) is 6.23. The molecule has 132 valence electrons. The Kier molecular flexibility index (Phi) is 5.28. The fourth-order valence-electron chi connectivity index (χ4n) is 3.08. The molecule has 3 rings (SSSR count). The van der Waals surface area contributed by atoms with Crippen LogP contribution in [0.5, 0.6) is 0 Å². The minimum absolute atomic E-state index is 0.0527. The van der Waals surface area contributed by atoms with Gasteiger partial charge in [0, 0.05) is 36.5 Å². The fourth-order valence-corrected chi connectivity index (χ4v) is 3.08. The molecule has 2 aromatic rings. The third kappa shape index (κ3) is 3.89. The summed E-state index contributed by atoms with van der Waals surface area (Å²) in [6.45, 7) is 1.86. The minimum Gasteiger partial charge on any atom is -0.371 e. The van der Waals surface area contributed by atoms with Crippen LogP contribution in [0.2, 0.25) is 0 Å². The molecule has 0 amide bonds. The van der Waals surface area contributed by atoms with Crippen molar-refractivity contribution < 1.29 is 9.31 Å². The number of halogens is 1. The van der Waals surface area contributed by atoms with Crippen molar-refractivity contribution in [2.45, 2.75) is 19.3 Å². The largest absolute Gasteiger partial charge is 0.371 e. The first-order valence-electron chi connectivity index (χ1n) is 8.49. The van der Waals surface area contributed by atoms with Gasteiger partial charge < -0.3 is 4.90 Å². The molecule has 1 saturated heterocycles. The average molecular weight is 351 g/mol. The zero-order valence-electron chi connectivity index (χ0n) is 14.2. The molecule has 0 N–H and O–H groups in total. The second-order valence-corrected chi connectivity index (χ2v) is 6.23. The van der Waals surface area contributed by atoms with E-state index in [9.17, 15) is 19.8 Å². The van der Waals surface area contributed by atoms with Crippen molar-refractivity contribution >= 4 is 23.0 Å². The SMILES string of the molecule is N#C/C(=C/c1ccc(N2CCCCC2)cc1F)c1ccc([N+](=O)[O-])cc1. The molecule has 1 aliphatic heterocycles. The van der Waals surface area contributed by atoms with E-state index in [1.165, 1.54) is 42.8 Å². The van der Waals surface area contributed by atoms with Crippen molar-refractivity contribution in [3.05, 3.63) is 69.5 Å². The lowest BCUT2D eigenvalue weighted by Crippen LogP contribution is -2.29. The highest BCUT2D eigenvalue weighted by atomic mass is 19.1. The number of nitriles is 1. The van der Waals surface area contributed by atoms with Crippen molar-refractivity contribution in [1.29, 1.82) is 5.26 Å². The molecule has 0 atom stereocenters. The van der Waals surface area contributed by atoms with E-state index in [-0.39, 0.29) is 17.1 Å². The van der Waals surface area contributed by atoms with E-state index in [1.54, 1.807) is 6.07 Å². The number of nitro benzene ring substituents is 1. The summed E-state index contributed by atoms with van der Waals surface area (Å²) in [5, 5.41) is 20.1. The lowest BCUT2D eigenvalue weighted by Gasteiger charge is -2.28. The van der Waals surface area contributed by atoms with Crippen LogP contribution >= 0.6 is 0 Å². The summed E-state index contributed by atoms with van der Waals surface area (Å²) >= 11 is 0. The number of hydrogen-bond acceptors (Lipinski definition) is 4. The van der Waals surface area contributed by atoms with Crippen LogP contribution in [0, 0.1) is 27.3 Å². The van der Waals surface area contributed by atoms with Crippen LogP contribution in [-0.2, 0) is 0 Å².